The lowest BCUT2D eigenvalue weighted by Gasteiger charge is -2.13. The lowest BCUT2D eigenvalue weighted by Crippen LogP contribution is -2.25. The number of H-pyrrole nitrogens is 1. The Morgan fingerprint density at radius 3 is 3.00 bits per heavy atom. The van der Waals surface area contributed by atoms with Gasteiger partial charge in [-0.15, -0.1) is 0 Å². The minimum absolute atomic E-state index is 0.345. The predicted molar refractivity (Wildman–Crippen MR) is 57.4 cm³/mol. The van der Waals surface area contributed by atoms with Gasteiger partial charge in [-0.1, -0.05) is 0 Å². The third kappa shape index (κ3) is 2.09. The molecule has 5 nitrogen and oxygen atoms in total. The Balaban J connectivity index is 2.15. The third-order valence-corrected chi connectivity index (χ3v) is 3.08. The number of carboxylic acid groups (broad SMARTS) is 1. The number of fused-ring (bicyclic) bond motifs is 1. The van der Waals surface area contributed by atoms with Gasteiger partial charge in [0.05, 0.1) is 5.69 Å². The smallest absolute Gasteiger partial charge is 0.333 e. The van der Waals surface area contributed by atoms with Gasteiger partial charge in [-0.2, -0.15) is 5.10 Å². The van der Waals surface area contributed by atoms with Gasteiger partial charge in [0.15, 0.2) is 6.10 Å². The van der Waals surface area contributed by atoms with Crippen molar-refractivity contribution >= 4 is 5.97 Å². The molecule has 1 aliphatic carbocycles. The molecule has 0 fully saturated rings. The summed E-state index contributed by atoms with van der Waals surface area (Å²) >= 11 is 0. The molecular formula is C11H16N2O3. The largest absolute Gasteiger partial charge is 0.479 e. The molecule has 1 aliphatic rings. The summed E-state index contributed by atoms with van der Waals surface area (Å²) in [4.78, 5) is 10.9. The summed E-state index contributed by atoms with van der Waals surface area (Å²) in [5.41, 5.74) is 3.22. The molecule has 0 spiro atoms. The van der Waals surface area contributed by atoms with E-state index in [1.54, 1.807) is 0 Å². The first-order chi connectivity index (χ1) is 7.72. The molecule has 0 radical (unpaired) electrons. The van der Waals surface area contributed by atoms with Crippen molar-refractivity contribution in [2.24, 2.45) is 0 Å². The lowest BCUT2D eigenvalue weighted by molar-refractivity contribution is -0.148. The van der Waals surface area contributed by atoms with Crippen molar-refractivity contribution in [3.8, 4) is 0 Å². The zero-order chi connectivity index (χ0) is 11.5. The molecule has 1 aromatic heterocycles. The number of aromatic nitrogens is 2. The second-order valence-electron chi connectivity index (χ2n) is 4.10. The van der Waals surface area contributed by atoms with E-state index in [1.165, 1.54) is 24.8 Å². The minimum atomic E-state index is -0.935. The second kappa shape index (κ2) is 4.65. The van der Waals surface area contributed by atoms with Crippen LogP contribution in [-0.4, -0.2) is 34.5 Å². The monoisotopic (exact) mass is 224 g/mol. The van der Waals surface area contributed by atoms with E-state index in [4.69, 9.17) is 9.84 Å². The fraction of sp³-hybridized carbons (Fsp3) is 0.636. The van der Waals surface area contributed by atoms with Crippen LogP contribution >= 0.6 is 0 Å². The Labute approximate surface area is 93.8 Å². The highest BCUT2D eigenvalue weighted by molar-refractivity contribution is 5.72. The molecule has 1 atom stereocenters. The second-order valence-corrected chi connectivity index (χ2v) is 4.10. The molecular weight excluding hydrogens is 208 g/mol. The van der Waals surface area contributed by atoms with E-state index >= 15 is 0 Å². The summed E-state index contributed by atoms with van der Waals surface area (Å²) in [7, 11) is 1.41. The first-order valence-electron chi connectivity index (χ1n) is 5.53. The zero-order valence-corrected chi connectivity index (χ0v) is 9.32. The fourth-order valence-corrected chi connectivity index (χ4v) is 2.17. The number of carbonyl (C=O) groups is 1. The van der Waals surface area contributed by atoms with Crippen molar-refractivity contribution in [3.05, 3.63) is 17.0 Å². The number of ether oxygens (including phenoxy) is 1. The minimum Gasteiger partial charge on any atom is -0.479 e. The maximum atomic E-state index is 10.9. The van der Waals surface area contributed by atoms with E-state index < -0.39 is 12.1 Å². The van der Waals surface area contributed by atoms with E-state index in [2.05, 4.69) is 10.2 Å². The lowest BCUT2D eigenvalue weighted by atomic mass is 9.94. The van der Waals surface area contributed by atoms with Crippen molar-refractivity contribution in [1.29, 1.82) is 0 Å². The van der Waals surface area contributed by atoms with Gasteiger partial charge in [0.1, 0.15) is 0 Å². The van der Waals surface area contributed by atoms with Crippen LogP contribution in [0.25, 0.3) is 0 Å². The number of carboxylic acids is 1. The van der Waals surface area contributed by atoms with Crippen LogP contribution in [0, 0.1) is 0 Å². The van der Waals surface area contributed by atoms with Gasteiger partial charge in [0.2, 0.25) is 0 Å². The summed E-state index contributed by atoms with van der Waals surface area (Å²) in [5.74, 6) is -0.935. The maximum Gasteiger partial charge on any atom is 0.333 e. The number of hydrogen-bond acceptors (Lipinski definition) is 3. The fourth-order valence-electron chi connectivity index (χ4n) is 2.17. The van der Waals surface area contributed by atoms with Gasteiger partial charge >= 0.3 is 5.97 Å². The van der Waals surface area contributed by atoms with Crippen LogP contribution in [0.3, 0.4) is 0 Å². The SMILES string of the molecule is COC(Cc1n[nH]c2c1CCCC2)C(=O)O. The van der Waals surface area contributed by atoms with Gasteiger partial charge in [0.25, 0.3) is 0 Å². The van der Waals surface area contributed by atoms with E-state index in [9.17, 15) is 4.79 Å². The molecule has 1 heterocycles. The predicted octanol–water partition coefficient (Wildman–Crippen LogP) is 0.931. The van der Waals surface area contributed by atoms with Crippen molar-refractivity contribution in [1.82, 2.24) is 10.2 Å². The molecule has 5 heteroatoms. The molecule has 1 aromatic rings. The number of aryl methyl sites for hydroxylation is 1. The molecule has 2 N–H and O–H groups in total. The first-order valence-corrected chi connectivity index (χ1v) is 5.53. The average molecular weight is 224 g/mol. The molecule has 0 amide bonds. The Hall–Kier alpha value is -1.36. The van der Waals surface area contributed by atoms with E-state index in [-0.39, 0.29) is 0 Å². The van der Waals surface area contributed by atoms with Gasteiger partial charge in [0, 0.05) is 19.2 Å². The topological polar surface area (TPSA) is 75.2 Å². The highest BCUT2D eigenvalue weighted by atomic mass is 16.5. The molecule has 88 valence electrons. The molecule has 0 aliphatic heterocycles. The van der Waals surface area contributed by atoms with Gasteiger partial charge in [-0.05, 0) is 31.2 Å². The van der Waals surface area contributed by atoms with Crippen LogP contribution in [0.2, 0.25) is 0 Å². The number of methoxy groups -OCH3 is 1. The Morgan fingerprint density at radius 1 is 1.56 bits per heavy atom. The average Bonchev–Trinajstić information content (AvgIpc) is 2.69. The molecule has 0 bridgehead atoms. The Bertz CT molecular complexity index is 387. The van der Waals surface area contributed by atoms with E-state index in [0.29, 0.717) is 6.42 Å². The van der Waals surface area contributed by atoms with Crippen molar-refractivity contribution < 1.29 is 14.6 Å². The van der Waals surface area contributed by atoms with Crippen LogP contribution in [0.5, 0.6) is 0 Å². The number of aliphatic carboxylic acids is 1. The highest BCUT2D eigenvalue weighted by Gasteiger charge is 2.23. The van der Waals surface area contributed by atoms with Gasteiger partial charge in [-0.3, -0.25) is 5.10 Å². The Morgan fingerprint density at radius 2 is 2.31 bits per heavy atom. The van der Waals surface area contributed by atoms with Crippen LogP contribution in [0.1, 0.15) is 29.8 Å². The van der Waals surface area contributed by atoms with Crippen molar-refractivity contribution in [3.63, 3.8) is 0 Å². The number of rotatable bonds is 4. The van der Waals surface area contributed by atoms with Gasteiger partial charge < -0.3 is 9.84 Å². The van der Waals surface area contributed by atoms with Crippen LogP contribution in [-0.2, 0) is 28.8 Å². The molecule has 0 aromatic carbocycles. The summed E-state index contributed by atoms with van der Waals surface area (Å²) in [6, 6.07) is 0. The van der Waals surface area contributed by atoms with Crippen molar-refractivity contribution in [2.75, 3.05) is 7.11 Å². The summed E-state index contributed by atoms with van der Waals surface area (Å²) in [6.07, 6.45) is 3.90. The van der Waals surface area contributed by atoms with Crippen LogP contribution in [0.15, 0.2) is 0 Å². The van der Waals surface area contributed by atoms with Gasteiger partial charge in [-0.25, -0.2) is 4.79 Å². The Kier molecular flexibility index (Phi) is 3.24. The summed E-state index contributed by atoms with van der Waals surface area (Å²) in [5, 5.41) is 16.1. The summed E-state index contributed by atoms with van der Waals surface area (Å²) in [6.45, 7) is 0. The molecule has 16 heavy (non-hydrogen) atoms. The van der Waals surface area contributed by atoms with Crippen LogP contribution < -0.4 is 0 Å². The van der Waals surface area contributed by atoms with E-state index in [0.717, 1.165) is 25.0 Å². The van der Waals surface area contributed by atoms with Crippen molar-refractivity contribution in [2.45, 2.75) is 38.2 Å². The standard InChI is InChI=1S/C11H16N2O3/c1-16-10(11(14)15)6-9-7-4-2-3-5-8(7)12-13-9/h10H,2-6H2,1H3,(H,12,13)(H,14,15). The van der Waals surface area contributed by atoms with E-state index in [1.807, 2.05) is 0 Å². The summed E-state index contributed by atoms with van der Waals surface area (Å²) < 4.78 is 4.92. The first kappa shape index (κ1) is 11.1. The quantitative estimate of drug-likeness (QED) is 0.797. The number of aromatic amines is 1. The highest BCUT2D eigenvalue weighted by Crippen LogP contribution is 2.23. The third-order valence-electron chi connectivity index (χ3n) is 3.08. The van der Waals surface area contributed by atoms with Crippen LogP contribution in [0.4, 0.5) is 0 Å². The molecule has 2 rings (SSSR count). The normalized spacial score (nSPS) is 16.8. The number of hydrogen-bond donors (Lipinski definition) is 2. The zero-order valence-electron chi connectivity index (χ0n) is 9.32. The molecule has 0 saturated heterocycles. The maximum absolute atomic E-state index is 10.9. The number of nitrogens with zero attached hydrogens (tertiary/aromatic N) is 1. The molecule has 1 unspecified atom stereocenters. The molecule has 0 saturated carbocycles. The number of nitrogens with one attached hydrogen (secondary N) is 1.